The largest absolute Gasteiger partial charge is 0.369 e. The van der Waals surface area contributed by atoms with Gasteiger partial charge in [0, 0.05) is 12.1 Å². The first kappa shape index (κ1) is 16.2. The molecule has 21 heavy (non-hydrogen) atoms. The van der Waals surface area contributed by atoms with Crippen molar-refractivity contribution < 1.29 is 4.39 Å². The summed E-state index contributed by atoms with van der Waals surface area (Å²) in [6.45, 7) is 6.86. The Kier molecular flexibility index (Phi) is 5.17. The van der Waals surface area contributed by atoms with E-state index in [0.717, 1.165) is 22.5 Å². The minimum Gasteiger partial charge on any atom is -0.369 e. The van der Waals surface area contributed by atoms with Gasteiger partial charge in [-0.1, -0.05) is 25.4 Å². The molecule has 2 rings (SSSR count). The second-order valence-corrected chi connectivity index (χ2v) is 6.11. The molecule has 0 fully saturated rings. The summed E-state index contributed by atoms with van der Waals surface area (Å²) in [5.74, 6) is 1.04. The summed E-state index contributed by atoms with van der Waals surface area (Å²) in [6.07, 6.45) is 0. The van der Waals surface area contributed by atoms with Crippen molar-refractivity contribution >= 4 is 33.3 Å². The zero-order valence-electron chi connectivity index (χ0n) is 12.0. The van der Waals surface area contributed by atoms with Gasteiger partial charge >= 0.3 is 0 Å². The molecule has 1 aromatic carbocycles. The van der Waals surface area contributed by atoms with Crippen molar-refractivity contribution in [2.75, 3.05) is 11.9 Å². The SMILES string of the molecule is CCNc1nc(-c2ccc(F)c(Cl)c2)nc(C(C)C)c1Br. The van der Waals surface area contributed by atoms with Gasteiger partial charge in [0.1, 0.15) is 11.6 Å². The van der Waals surface area contributed by atoms with E-state index in [1.54, 1.807) is 12.1 Å². The standard InChI is InChI=1S/C15H16BrClFN3/c1-4-19-15-12(16)13(8(2)3)20-14(21-15)9-5-6-11(18)10(17)7-9/h5-8H,4H2,1-3H3,(H,19,20,21). The van der Waals surface area contributed by atoms with E-state index in [2.05, 4.69) is 45.1 Å². The molecule has 112 valence electrons. The van der Waals surface area contributed by atoms with E-state index in [1.807, 2.05) is 6.92 Å². The van der Waals surface area contributed by atoms with Gasteiger partial charge < -0.3 is 5.32 Å². The number of nitrogens with zero attached hydrogens (tertiary/aromatic N) is 2. The minimum atomic E-state index is -0.450. The van der Waals surface area contributed by atoms with Crippen LogP contribution in [0.1, 0.15) is 32.4 Å². The lowest BCUT2D eigenvalue weighted by atomic mass is 10.1. The van der Waals surface area contributed by atoms with Crippen LogP contribution in [0.2, 0.25) is 5.02 Å². The highest BCUT2D eigenvalue weighted by Gasteiger charge is 2.16. The molecule has 0 saturated heterocycles. The molecule has 6 heteroatoms. The van der Waals surface area contributed by atoms with Crippen LogP contribution in [0.15, 0.2) is 22.7 Å². The molecular formula is C15H16BrClFN3. The Morgan fingerprint density at radius 1 is 1.33 bits per heavy atom. The Hall–Kier alpha value is -1.20. The van der Waals surface area contributed by atoms with Crippen LogP contribution in [0, 0.1) is 5.82 Å². The molecule has 2 aromatic rings. The Balaban J connectivity index is 2.59. The zero-order chi connectivity index (χ0) is 15.6. The van der Waals surface area contributed by atoms with E-state index >= 15 is 0 Å². The maximum atomic E-state index is 13.3. The van der Waals surface area contributed by atoms with Crippen LogP contribution in [0.4, 0.5) is 10.2 Å². The number of nitrogens with one attached hydrogen (secondary N) is 1. The van der Waals surface area contributed by atoms with E-state index in [9.17, 15) is 4.39 Å². The molecule has 0 aliphatic rings. The number of rotatable bonds is 4. The Morgan fingerprint density at radius 2 is 2.05 bits per heavy atom. The molecule has 1 heterocycles. The average Bonchev–Trinajstić information content (AvgIpc) is 2.44. The number of hydrogen-bond acceptors (Lipinski definition) is 3. The van der Waals surface area contributed by atoms with Crippen molar-refractivity contribution in [3.8, 4) is 11.4 Å². The highest BCUT2D eigenvalue weighted by atomic mass is 79.9. The van der Waals surface area contributed by atoms with Crippen LogP contribution >= 0.6 is 27.5 Å². The van der Waals surface area contributed by atoms with Crippen molar-refractivity contribution in [2.24, 2.45) is 0 Å². The predicted octanol–water partition coefficient (Wildman–Crippen LogP) is 5.25. The molecular weight excluding hydrogens is 357 g/mol. The van der Waals surface area contributed by atoms with Crippen LogP contribution in [0.5, 0.6) is 0 Å². The zero-order valence-corrected chi connectivity index (χ0v) is 14.4. The summed E-state index contributed by atoms with van der Waals surface area (Å²) >= 11 is 9.38. The maximum Gasteiger partial charge on any atom is 0.161 e. The molecule has 0 unspecified atom stereocenters. The monoisotopic (exact) mass is 371 g/mol. The molecule has 3 nitrogen and oxygen atoms in total. The van der Waals surface area contributed by atoms with Crippen molar-refractivity contribution in [1.82, 2.24) is 9.97 Å². The fourth-order valence-electron chi connectivity index (χ4n) is 1.90. The Morgan fingerprint density at radius 3 is 2.62 bits per heavy atom. The lowest BCUT2D eigenvalue weighted by Crippen LogP contribution is -2.07. The third-order valence-electron chi connectivity index (χ3n) is 2.95. The third-order valence-corrected chi connectivity index (χ3v) is 4.02. The molecule has 0 radical (unpaired) electrons. The summed E-state index contributed by atoms with van der Waals surface area (Å²) < 4.78 is 14.2. The third kappa shape index (κ3) is 3.52. The molecule has 1 N–H and O–H groups in total. The number of hydrogen-bond donors (Lipinski definition) is 1. The second kappa shape index (κ2) is 6.71. The van der Waals surface area contributed by atoms with Crippen molar-refractivity contribution in [3.63, 3.8) is 0 Å². The van der Waals surface area contributed by atoms with E-state index < -0.39 is 5.82 Å². The van der Waals surface area contributed by atoms with Crippen LogP contribution in [-0.4, -0.2) is 16.5 Å². The van der Waals surface area contributed by atoms with Crippen molar-refractivity contribution in [3.05, 3.63) is 39.2 Å². The van der Waals surface area contributed by atoms with E-state index in [1.165, 1.54) is 6.07 Å². The lowest BCUT2D eigenvalue weighted by molar-refractivity contribution is 0.628. The van der Waals surface area contributed by atoms with Gasteiger partial charge in [-0.05, 0) is 47.0 Å². The highest BCUT2D eigenvalue weighted by Crippen LogP contribution is 2.32. The molecule has 0 spiro atoms. The van der Waals surface area contributed by atoms with Gasteiger partial charge in [0.05, 0.1) is 15.2 Å². The maximum absolute atomic E-state index is 13.3. The van der Waals surface area contributed by atoms with E-state index in [0.29, 0.717) is 11.4 Å². The first-order chi connectivity index (χ1) is 9.93. The molecule has 0 bridgehead atoms. The Bertz CT molecular complexity index is 662. The number of benzene rings is 1. The molecule has 0 saturated carbocycles. The fourth-order valence-corrected chi connectivity index (χ4v) is 2.85. The first-order valence-corrected chi connectivity index (χ1v) is 7.87. The minimum absolute atomic E-state index is 0.0649. The van der Waals surface area contributed by atoms with Gasteiger partial charge in [-0.2, -0.15) is 0 Å². The summed E-state index contributed by atoms with van der Waals surface area (Å²) in [5, 5.41) is 3.27. The van der Waals surface area contributed by atoms with Crippen molar-refractivity contribution in [1.29, 1.82) is 0 Å². The van der Waals surface area contributed by atoms with Crippen molar-refractivity contribution in [2.45, 2.75) is 26.7 Å². The molecule has 0 amide bonds. The van der Waals surface area contributed by atoms with Crippen LogP contribution in [0.3, 0.4) is 0 Å². The molecule has 1 aromatic heterocycles. The highest BCUT2D eigenvalue weighted by molar-refractivity contribution is 9.10. The van der Waals surface area contributed by atoms with Gasteiger partial charge in [-0.3, -0.25) is 0 Å². The molecule has 0 atom stereocenters. The molecule has 0 aliphatic heterocycles. The average molecular weight is 373 g/mol. The summed E-state index contributed by atoms with van der Waals surface area (Å²) in [5.41, 5.74) is 1.59. The van der Waals surface area contributed by atoms with Gasteiger partial charge in [-0.25, -0.2) is 14.4 Å². The second-order valence-electron chi connectivity index (χ2n) is 4.91. The smallest absolute Gasteiger partial charge is 0.161 e. The van der Waals surface area contributed by atoms with Gasteiger partial charge in [0.2, 0.25) is 0 Å². The van der Waals surface area contributed by atoms with E-state index in [4.69, 9.17) is 11.6 Å². The predicted molar refractivity (Wildman–Crippen MR) is 88.4 cm³/mol. The number of aromatic nitrogens is 2. The molecule has 0 aliphatic carbocycles. The number of halogens is 3. The summed E-state index contributed by atoms with van der Waals surface area (Å²) in [6, 6.07) is 4.50. The van der Waals surface area contributed by atoms with Crippen LogP contribution < -0.4 is 5.32 Å². The van der Waals surface area contributed by atoms with E-state index in [-0.39, 0.29) is 10.9 Å². The lowest BCUT2D eigenvalue weighted by Gasteiger charge is -2.14. The van der Waals surface area contributed by atoms with Gasteiger partial charge in [-0.15, -0.1) is 0 Å². The van der Waals surface area contributed by atoms with Crippen LogP contribution in [-0.2, 0) is 0 Å². The van der Waals surface area contributed by atoms with Gasteiger partial charge in [0.15, 0.2) is 5.82 Å². The number of anilines is 1. The summed E-state index contributed by atoms with van der Waals surface area (Å²) in [4.78, 5) is 9.07. The van der Waals surface area contributed by atoms with Crippen LogP contribution in [0.25, 0.3) is 11.4 Å². The quantitative estimate of drug-likeness (QED) is 0.796. The van der Waals surface area contributed by atoms with Gasteiger partial charge in [0.25, 0.3) is 0 Å². The topological polar surface area (TPSA) is 37.8 Å². The normalized spacial score (nSPS) is 11.0. The fraction of sp³-hybridized carbons (Fsp3) is 0.333. The summed E-state index contributed by atoms with van der Waals surface area (Å²) in [7, 11) is 0. The Labute approximate surface area is 137 Å². The first-order valence-electron chi connectivity index (χ1n) is 6.70.